The van der Waals surface area contributed by atoms with Crippen LogP contribution in [-0.2, 0) is 21.2 Å². The van der Waals surface area contributed by atoms with Gasteiger partial charge < -0.3 is 9.42 Å². The van der Waals surface area contributed by atoms with Crippen LogP contribution in [0.5, 0.6) is 0 Å². The Kier molecular flexibility index (Phi) is 5.41. The van der Waals surface area contributed by atoms with Gasteiger partial charge in [0.15, 0.2) is 5.76 Å². The van der Waals surface area contributed by atoms with Crippen molar-refractivity contribution in [3.8, 4) is 0 Å². The van der Waals surface area contributed by atoms with Gasteiger partial charge in [-0.1, -0.05) is 17.3 Å². The minimum absolute atomic E-state index is 0.0265. The maximum Gasteiger partial charge on any atom is 0.248 e. The number of rotatable bonds is 5. The number of carbonyl (C=O) groups excluding carboxylic acids is 1. The lowest BCUT2D eigenvalue weighted by atomic mass is 10.2. The molecular formula is C19H22N4O4S2. The Morgan fingerprint density at radius 3 is 2.55 bits per heavy atom. The number of thiazole rings is 1. The van der Waals surface area contributed by atoms with E-state index in [0.717, 1.165) is 15.2 Å². The molecule has 1 amide bonds. The predicted octanol–water partition coefficient (Wildman–Crippen LogP) is 2.37. The number of aryl methyl sites for hydroxylation is 3. The van der Waals surface area contributed by atoms with E-state index in [1.165, 1.54) is 4.31 Å². The van der Waals surface area contributed by atoms with Crippen molar-refractivity contribution in [2.45, 2.75) is 31.6 Å². The van der Waals surface area contributed by atoms with Crippen LogP contribution in [0.2, 0.25) is 0 Å². The summed E-state index contributed by atoms with van der Waals surface area (Å²) in [7, 11) is -3.67. The molecule has 0 N–H and O–H groups in total. The van der Waals surface area contributed by atoms with E-state index in [0.29, 0.717) is 31.6 Å². The molecule has 8 nitrogen and oxygen atoms in total. The molecule has 2 aromatic heterocycles. The molecule has 0 unspecified atom stereocenters. The SMILES string of the molecule is Cc1noc(C)c1S(=O)(=O)N1CCN(C(=O)CCc2nc3ccccc3s2)CC1. The Hall–Kier alpha value is -2.30. The third-order valence-electron chi connectivity index (χ3n) is 5.05. The van der Waals surface area contributed by atoms with E-state index in [-0.39, 0.29) is 29.7 Å². The number of fused-ring (bicyclic) bond motifs is 1. The lowest BCUT2D eigenvalue weighted by Crippen LogP contribution is -2.50. The molecule has 0 radical (unpaired) electrons. The van der Waals surface area contributed by atoms with Crippen LogP contribution in [0, 0.1) is 13.8 Å². The number of carbonyl (C=O) groups is 1. The average molecular weight is 435 g/mol. The van der Waals surface area contributed by atoms with Gasteiger partial charge in [0, 0.05) is 39.0 Å². The van der Waals surface area contributed by atoms with Crippen molar-refractivity contribution >= 4 is 37.5 Å². The van der Waals surface area contributed by atoms with Crippen molar-refractivity contribution in [2.75, 3.05) is 26.2 Å². The number of benzene rings is 1. The summed E-state index contributed by atoms with van der Waals surface area (Å²) >= 11 is 1.61. The fourth-order valence-electron chi connectivity index (χ4n) is 3.55. The van der Waals surface area contributed by atoms with Gasteiger partial charge >= 0.3 is 0 Å². The lowest BCUT2D eigenvalue weighted by molar-refractivity contribution is -0.132. The van der Waals surface area contributed by atoms with Gasteiger partial charge in [0.2, 0.25) is 15.9 Å². The van der Waals surface area contributed by atoms with Crippen LogP contribution in [0.25, 0.3) is 10.2 Å². The Morgan fingerprint density at radius 1 is 1.17 bits per heavy atom. The van der Waals surface area contributed by atoms with Crippen LogP contribution in [0.3, 0.4) is 0 Å². The molecule has 0 aliphatic carbocycles. The van der Waals surface area contributed by atoms with Crippen LogP contribution in [-0.4, -0.2) is 59.8 Å². The van der Waals surface area contributed by atoms with Crippen molar-refractivity contribution in [1.29, 1.82) is 0 Å². The maximum absolute atomic E-state index is 12.9. The first kappa shape index (κ1) is 20.0. The number of sulfonamides is 1. The number of amides is 1. The maximum atomic E-state index is 12.9. The van der Waals surface area contributed by atoms with Crippen molar-refractivity contribution in [3.05, 3.63) is 40.7 Å². The predicted molar refractivity (Wildman–Crippen MR) is 109 cm³/mol. The highest BCUT2D eigenvalue weighted by Gasteiger charge is 2.34. The Morgan fingerprint density at radius 2 is 1.90 bits per heavy atom. The molecule has 154 valence electrons. The van der Waals surface area contributed by atoms with Crippen LogP contribution < -0.4 is 0 Å². The molecule has 3 aromatic rings. The minimum atomic E-state index is -3.67. The molecule has 29 heavy (non-hydrogen) atoms. The smallest absolute Gasteiger partial charge is 0.248 e. The zero-order valence-electron chi connectivity index (χ0n) is 16.3. The fourth-order valence-corrected chi connectivity index (χ4v) is 6.23. The van der Waals surface area contributed by atoms with E-state index in [9.17, 15) is 13.2 Å². The molecule has 1 aliphatic heterocycles. The topological polar surface area (TPSA) is 96.6 Å². The highest BCUT2D eigenvalue weighted by Crippen LogP contribution is 2.25. The molecule has 4 rings (SSSR count). The Bertz CT molecular complexity index is 1090. The first-order valence-corrected chi connectivity index (χ1v) is 11.7. The molecule has 1 fully saturated rings. The van der Waals surface area contributed by atoms with Crippen LogP contribution in [0.1, 0.15) is 22.9 Å². The molecule has 0 spiro atoms. The second-order valence-electron chi connectivity index (χ2n) is 7.01. The summed E-state index contributed by atoms with van der Waals surface area (Å²) in [6.45, 7) is 4.49. The standard InChI is InChI=1S/C19H22N4O4S2/c1-13-19(14(2)27-21-13)29(25,26)23-11-9-22(10-12-23)18(24)8-7-17-20-15-5-3-4-6-16(15)28-17/h3-6H,7-12H2,1-2H3. The lowest BCUT2D eigenvalue weighted by Gasteiger charge is -2.34. The molecule has 10 heteroatoms. The average Bonchev–Trinajstić information content (AvgIpc) is 3.28. The van der Waals surface area contributed by atoms with Gasteiger partial charge in [0.05, 0.1) is 15.2 Å². The minimum Gasteiger partial charge on any atom is -0.360 e. The quantitative estimate of drug-likeness (QED) is 0.612. The fraction of sp³-hybridized carbons (Fsp3) is 0.421. The van der Waals surface area contributed by atoms with E-state index in [2.05, 4.69) is 10.1 Å². The van der Waals surface area contributed by atoms with Gasteiger partial charge in [-0.3, -0.25) is 4.79 Å². The number of nitrogens with zero attached hydrogens (tertiary/aromatic N) is 4. The van der Waals surface area contributed by atoms with E-state index >= 15 is 0 Å². The Labute approximate surface area is 173 Å². The molecule has 3 heterocycles. The van der Waals surface area contributed by atoms with E-state index in [4.69, 9.17) is 4.52 Å². The number of hydrogen-bond acceptors (Lipinski definition) is 7. The number of para-hydroxylation sites is 1. The third-order valence-corrected chi connectivity index (χ3v) is 8.29. The van der Waals surface area contributed by atoms with Crippen molar-refractivity contribution in [2.24, 2.45) is 0 Å². The Balaban J connectivity index is 1.35. The highest BCUT2D eigenvalue weighted by molar-refractivity contribution is 7.89. The van der Waals surface area contributed by atoms with Crippen molar-refractivity contribution in [1.82, 2.24) is 19.3 Å². The molecular weight excluding hydrogens is 412 g/mol. The van der Waals surface area contributed by atoms with Gasteiger partial charge in [-0.15, -0.1) is 11.3 Å². The molecule has 1 aliphatic rings. The van der Waals surface area contributed by atoms with E-state index < -0.39 is 10.0 Å². The van der Waals surface area contributed by atoms with Gasteiger partial charge in [-0.05, 0) is 26.0 Å². The van der Waals surface area contributed by atoms with Gasteiger partial charge in [0.1, 0.15) is 10.6 Å². The van der Waals surface area contributed by atoms with Gasteiger partial charge in [-0.25, -0.2) is 13.4 Å². The zero-order chi connectivity index (χ0) is 20.6. The van der Waals surface area contributed by atoms with Gasteiger partial charge in [0.25, 0.3) is 0 Å². The van der Waals surface area contributed by atoms with Crippen LogP contribution in [0.15, 0.2) is 33.7 Å². The largest absolute Gasteiger partial charge is 0.360 e. The first-order valence-electron chi connectivity index (χ1n) is 9.41. The summed E-state index contributed by atoms with van der Waals surface area (Å²) in [5.41, 5.74) is 1.31. The van der Waals surface area contributed by atoms with E-state index in [1.807, 2.05) is 24.3 Å². The van der Waals surface area contributed by atoms with Crippen molar-refractivity contribution in [3.63, 3.8) is 0 Å². The monoisotopic (exact) mass is 434 g/mol. The molecule has 0 saturated carbocycles. The molecule has 1 saturated heterocycles. The molecule has 0 atom stereocenters. The van der Waals surface area contributed by atoms with Crippen LogP contribution >= 0.6 is 11.3 Å². The first-order chi connectivity index (χ1) is 13.9. The summed E-state index contributed by atoms with van der Waals surface area (Å²) in [5.74, 6) is 0.315. The van der Waals surface area contributed by atoms with Gasteiger partial charge in [-0.2, -0.15) is 4.31 Å². The zero-order valence-corrected chi connectivity index (χ0v) is 17.9. The number of hydrogen-bond donors (Lipinski definition) is 0. The molecule has 0 bridgehead atoms. The second kappa shape index (κ2) is 7.85. The number of aromatic nitrogens is 2. The summed E-state index contributed by atoms with van der Waals surface area (Å²) in [6, 6.07) is 7.92. The summed E-state index contributed by atoms with van der Waals surface area (Å²) in [6.07, 6.45) is 0.964. The summed E-state index contributed by atoms with van der Waals surface area (Å²) < 4.78 is 33.3. The highest BCUT2D eigenvalue weighted by atomic mass is 32.2. The number of piperazine rings is 1. The van der Waals surface area contributed by atoms with Crippen LogP contribution in [0.4, 0.5) is 0 Å². The summed E-state index contributed by atoms with van der Waals surface area (Å²) in [4.78, 5) is 19.0. The third kappa shape index (κ3) is 3.92. The van der Waals surface area contributed by atoms with E-state index in [1.54, 1.807) is 30.1 Å². The van der Waals surface area contributed by atoms with Crippen molar-refractivity contribution < 1.29 is 17.7 Å². The molecule has 1 aromatic carbocycles. The summed E-state index contributed by atoms with van der Waals surface area (Å²) in [5, 5.41) is 4.68. The normalized spacial score (nSPS) is 15.9. The second-order valence-corrected chi connectivity index (χ2v) is 10.0.